The van der Waals surface area contributed by atoms with Crippen molar-refractivity contribution < 1.29 is 5.11 Å². The topological polar surface area (TPSA) is 48.4 Å². The maximum atomic E-state index is 9.16. The lowest BCUT2D eigenvalue weighted by atomic mass is 10.00. The Bertz CT molecular complexity index is 367. The van der Waals surface area contributed by atoms with Crippen molar-refractivity contribution in [2.75, 3.05) is 25.0 Å². The van der Waals surface area contributed by atoms with Crippen LogP contribution in [0.2, 0.25) is 0 Å². The van der Waals surface area contributed by atoms with Crippen LogP contribution in [0.4, 0.5) is 5.13 Å². The summed E-state index contributed by atoms with van der Waals surface area (Å²) >= 11 is 1.76. The van der Waals surface area contributed by atoms with E-state index in [0.29, 0.717) is 12.6 Å². The quantitative estimate of drug-likeness (QED) is 0.808. The number of rotatable bonds is 7. The molecule has 1 aromatic heterocycles. The second kappa shape index (κ2) is 7.82. The summed E-state index contributed by atoms with van der Waals surface area (Å²) in [4.78, 5) is 8.25. The Morgan fingerprint density at radius 2 is 2.42 bits per heavy atom. The van der Waals surface area contributed by atoms with Crippen LogP contribution >= 0.6 is 11.3 Å². The summed E-state index contributed by atoms with van der Waals surface area (Å²) in [5, 5.41) is 13.5. The molecule has 0 aromatic carbocycles. The maximum Gasteiger partial charge on any atom is 0.182 e. The number of aromatic nitrogens is 1. The third-order valence-electron chi connectivity index (χ3n) is 3.65. The van der Waals surface area contributed by atoms with Crippen molar-refractivity contribution in [1.82, 2.24) is 9.88 Å². The number of likely N-dealkylation sites (tertiary alicyclic amines) is 1. The van der Waals surface area contributed by atoms with Crippen LogP contribution in [-0.4, -0.2) is 40.7 Å². The summed E-state index contributed by atoms with van der Waals surface area (Å²) in [6.45, 7) is 5.59. The Morgan fingerprint density at radius 3 is 3.21 bits per heavy atom. The van der Waals surface area contributed by atoms with Gasteiger partial charge in [-0.15, -0.1) is 11.3 Å². The highest BCUT2D eigenvalue weighted by Crippen LogP contribution is 2.25. The molecule has 4 nitrogen and oxygen atoms in total. The molecule has 2 heterocycles. The Balaban J connectivity index is 1.89. The lowest BCUT2D eigenvalue weighted by Crippen LogP contribution is -2.39. The van der Waals surface area contributed by atoms with Crippen molar-refractivity contribution in [3.8, 4) is 0 Å². The zero-order valence-corrected chi connectivity index (χ0v) is 12.6. The van der Waals surface area contributed by atoms with Gasteiger partial charge in [0.15, 0.2) is 5.13 Å². The zero-order chi connectivity index (χ0) is 13.5. The molecule has 1 aliphatic heterocycles. The van der Waals surface area contributed by atoms with Gasteiger partial charge in [0.05, 0.1) is 0 Å². The molecular formula is C14H25N3OS. The summed E-state index contributed by atoms with van der Waals surface area (Å²) in [6, 6.07) is 0.549. The molecule has 1 atom stereocenters. The average Bonchev–Trinajstić information content (AvgIpc) is 2.87. The molecule has 2 N–H and O–H groups in total. The highest BCUT2D eigenvalue weighted by Gasteiger charge is 2.22. The van der Waals surface area contributed by atoms with E-state index in [1.165, 1.54) is 24.1 Å². The molecule has 1 aliphatic rings. The van der Waals surface area contributed by atoms with Crippen molar-refractivity contribution in [1.29, 1.82) is 0 Å². The molecule has 1 saturated heterocycles. The first kappa shape index (κ1) is 14.8. The van der Waals surface area contributed by atoms with E-state index < -0.39 is 0 Å². The molecule has 108 valence electrons. The lowest BCUT2D eigenvalue weighted by Gasteiger charge is -2.35. The first-order valence-electron chi connectivity index (χ1n) is 7.37. The van der Waals surface area contributed by atoms with Gasteiger partial charge < -0.3 is 10.4 Å². The molecular weight excluding hydrogens is 258 g/mol. The van der Waals surface area contributed by atoms with Crippen molar-refractivity contribution in [3.63, 3.8) is 0 Å². The fraction of sp³-hybridized carbons (Fsp3) is 0.786. The molecule has 1 fully saturated rings. The predicted molar refractivity (Wildman–Crippen MR) is 80.6 cm³/mol. The molecule has 0 radical (unpaired) electrons. The van der Waals surface area contributed by atoms with Gasteiger partial charge in [-0.05, 0) is 32.2 Å². The smallest absolute Gasteiger partial charge is 0.182 e. The molecule has 0 spiro atoms. The van der Waals surface area contributed by atoms with Crippen LogP contribution in [0.3, 0.4) is 0 Å². The Labute approximate surface area is 119 Å². The Hall–Kier alpha value is -0.650. The number of aliphatic hydroxyl groups is 1. The van der Waals surface area contributed by atoms with Crippen LogP contribution in [-0.2, 0) is 6.54 Å². The van der Waals surface area contributed by atoms with E-state index in [-0.39, 0.29) is 0 Å². The summed E-state index contributed by atoms with van der Waals surface area (Å²) in [5.74, 6) is 0. The largest absolute Gasteiger partial charge is 0.396 e. The van der Waals surface area contributed by atoms with Crippen molar-refractivity contribution in [2.45, 2.75) is 51.6 Å². The first-order chi connectivity index (χ1) is 9.33. The highest BCUT2D eigenvalue weighted by atomic mass is 32.1. The van der Waals surface area contributed by atoms with E-state index in [2.05, 4.69) is 22.1 Å². The van der Waals surface area contributed by atoms with Gasteiger partial charge in [-0.2, -0.15) is 0 Å². The second-order valence-corrected chi connectivity index (χ2v) is 6.31. The third kappa shape index (κ3) is 4.44. The molecule has 19 heavy (non-hydrogen) atoms. The van der Waals surface area contributed by atoms with Crippen LogP contribution in [0.15, 0.2) is 6.20 Å². The predicted octanol–water partition coefficient (Wildman–Crippen LogP) is 2.70. The molecule has 0 aliphatic carbocycles. The van der Waals surface area contributed by atoms with Gasteiger partial charge in [0.25, 0.3) is 0 Å². The van der Waals surface area contributed by atoms with Gasteiger partial charge in [0, 0.05) is 36.8 Å². The molecule has 1 unspecified atom stereocenters. The fourth-order valence-electron chi connectivity index (χ4n) is 2.64. The minimum Gasteiger partial charge on any atom is -0.396 e. The summed E-state index contributed by atoms with van der Waals surface area (Å²) in [7, 11) is 0. The minimum absolute atomic E-state index is 0.299. The number of anilines is 1. The van der Waals surface area contributed by atoms with Gasteiger partial charge in [0.2, 0.25) is 0 Å². The standard InChI is InChI=1S/C14H25N3OS/c1-2-7-15-14-16-10-13(19-14)11-17-8-4-3-5-12(17)6-9-18/h10,12,18H,2-9,11H2,1H3,(H,15,16). The van der Waals surface area contributed by atoms with Crippen LogP contribution in [0.5, 0.6) is 0 Å². The number of hydrogen-bond acceptors (Lipinski definition) is 5. The summed E-state index contributed by atoms with van der Waals surface area (Å²) in [5.41, 5.74) is 0. The highest BCUT2D eigenvalue weighted by molar-refractivity contribution is 7.15. The molecule has 0 amide bonds. The molecule has 0 saturated carbocycles. The van der Waals surface area contributed by atoms with Crippen molar-refractivity contribution in [3.05, 3.63) is 11.1 Å². The summed E-state index contributed by atoms with van der Waals surface area (Å²) < 4.78 is 0. The number of thiazole rings is 1. The molecule has 5 heteroatoms. The van der Waals surface area contributed by atoms with Crippen LogP contribution in [0.1, 0.15) is 43.9 Å². The maximum absolute atomic E-state index is 9.16. The number of nitrogens with one attached hydrogen (secondary N) is 1. The fourth-order valence-corrected chi connectivity index (χ4v) is 3.50. The number of nitrogens with zero attached hydrogens (tertiary/aromatic N) is 2. The summed E-state index contributed by atoms with van der Waals surface area (Å²) in [6.07, 6.45) is 7.82. The normalized spacial score (nSPS) is 20.6. The van der Waals surface area contributed by atoms with E-state index in [9.17, 15) is 0 Å². The SMILES string of the molecule is CCCNc1ncc(CN2CCCCC2CCO)s1. The van der Waals surface area contributed by atoms with Crippen molar-refractivity contribution in [2.24, 2.45) is 0 Å². The van der Waals surface area contributed by atoms with Gasteiger partial charge >= 0.3 is 0 Å². The van der Waals surface area contributed by atoms with Crippen LogP contribution in [0, 0.1) is 0 Å². The average molecular weight is 283 g/mol. The van der Waals surface area contributed by atoms with Crippen LogP contribution < -0.4 is 5.32 Å². The van der Waals surface area contributed by atoms with Crippen LogP contribution in [0.25, 0.3) is 0 Å². The number of piperidine rings is 1. The second-order valence-electron chi connectivity index (χ2n) is 5.19. The first-order valence-corrected chi connectivity index (χ1v) is 8.18. The van der Waals surface area contributed by atoms with E-state index in [4.69, 9.17) is 5.11 Å². The molecule has 2 rings (SSSR count). The monoisotopic (exact) mass is 283 g/mol. The molecule has 0 bridgehead atoms. The van der Waals surface area contributed by atoms with Gasteiger partial charge in [-0.3, -0.25) is 4.90 Å². The van der Waals surface area contributed by atoms with E-state index in [1.807, 2.05) is 6.20 Å². The van der Waals surface area contributed by atoms with Gasteiger partial charge in [0.1, 0.15) is 0 Å². The number of aliphatic hydroxyl groups excluding tert-OH is 1. The van der Waals surface area contributed by atoms with E-state index >= 15 is 0 Å². The minimum atomic E-state index is 0.299. The Morgan fingerprint density at radius 1 is 1.53 bits per heavy atom. The molecule has 1 aromatic rings. The number of hydrogen-bond donors (Lipinski definition) is 2. The van der Waals surface area contributed by atoms with Gasteiger partial charge in [-0.1, -0.05) is 13.3 Å². The van der Waals surface area contributed by atoms with E-state index in [0.717, 1.165) is 37.6 Å². The zero-order valence-electron chi connectivity index (χ0n) is 11.8. The lowest BCUT2D eigenvalue weighted by molar-refractivity contribution is 0.113. The van der Waals surface area contributed by atoms with Crippen molar-refractivity contribution >= 4 is 16.5 Å². The Kier molecular flexibility index (Phi) is 6.07. The van der Waals surface area contributed by atoms with E-state index in [1.54, 1.807) is 11.3 Å². The van der Waals surface area contributed by atoms with Gasteiger partial charge in [-0.25, -0.2) is 4.98 Å². The third-order valence-corrected chi connectivity index (χ3v) is 4.59.